The Morgan fingerprint density at radius 3 is 2.52 bits per heavy atom. The highest BCUT2D eigenvalue weighted by Crippen LogP contribution is 2.66. The number of hydrogen-bond acceptors (Lipinski definition) is 5. The van der Waals surface area contributed by atoms with Crippen molar-refractivity contribution in [2.45, 2.75) is 82.4 Å². The first-order chi connectivity index (χ1) is 13.1. The second-order valence-corrected chi connectivity index (χ2v) is 8.96. The Morgan fingerprint density at radius 2 is 1.85 bits per heavy atom. The Labute approximate surface area is 163 Å². The van der Waals surface area contributed by atoms with Gasteiger partial charge in [-0.05, 0) is 38.5 Å². The molecule has 3 aliphatic carbocycles. The van der Waals surface area contributed by atoms with Crippen LogP contribution in [-0.2, 0) is 14.2 Å². The van der Waals surface area contributed by atoms with Crippen molar-refractivity contribution in [2.75, 3.05) is 19.8 Å². The van der Waals surface area contributed by atoms with Gasteiger partial charge in [0.15, 0.2) is 0 Å². The van der Waals surface area contributed by atoms with E-state index in [9.17, 15) is 10.2 Å². The standard InChI is InChI=1S/C22H36O5/c1-3-25-21-12-11-19(24)17(9-10-18(23)16-7-5-4-6-8-16)20(21)15(2)22(21)26-13-14-27-22/h9-10,15-20,23-24H,3-8,11-14H2,1-2H3/b10-9+/t15?,17-,18-,19+,20+,21+/m1/s1. The van der Waals surface area contributed by atoms with E-state index in [-0.39, 0.29) is 17.8 Å². The monoisotopic (exact) mass is 380 g/mol. The smallest absolute Gasteiger partial charge is 0.201 e. The van der Waals surface area contributed by atoms with E-state index in [4.69, 9.17) is 14.2 Å². The molecule has 0 radical (unpaired) electrons. The molecule has 4 fully saturated rings. The van der Waals surface area contributed by atoms with Gasteiger partial charge in [0.2, 0.25) is 5.79 Å². The molecule has 1 spiro atoms. The third-order valence-electron chi connectivity index (χ3n) is 7.72. The van der Waals surface area contributed by atoms with Crippen LogP contribution in [-0.4, -0.2) is 53.6 Å². The highest BCUT2D eigenvalue weighted by molar-refractivity contribution is 5.24. The van der Waals surface area contributed by atoms with Crippen molar-refractivity contribution in [1.82, 2.24) is 0 Å². The fourth-order valence-electron chi connectivity index (χ4n) is 6.53. The summed E-state index contributed by atoms with van der Waals surface area (Å²) in [6.07, 6.45) is 10.5. The Balaban J connectivity index is 1.54. The summed E-state index contributed by atoms with van der Waals surface area (Å²) in [6, 6.07) is 0. The zero-order valence-corrected chi connectivity index (χ0v) is 16.8. The van der Waals surface area contributed by atoms with Gasteiger partial charge in [0.25, 0.3) is 0 Å². The van der Waals surface area contributed by atoms with Crippen molar-refractivity contribution in [3.8, 4) is 0 Å². The maximum atomic E-state index is 10.8. The fourth-order valence-corrected chi connectivity index (χ4v) is 6.53. The number of aliphatic hydroxyl groups excluding tert-OH is 2. The van der Waals surface area contributed by atoms with Crippen molar-refractivity contribution in [1.29, 1.82) is 0 Å². The Hall–Kier alpha value is -0.460. The second-order valence-electron chi connectivity index (χ2n) is 8.96. The number of ether oxygens (including phenoxy) is 3. The molecule has 4 rings (SSSR count). The first kappa shape index (κ1) is 19.8. The summed E-state index contributed by atoms with van der Waals surface area (Å²) in [4.78, 5) is 0. The van der Waals surface area contributed by atoms with E-state index in [1.54, 1.807) is 0 Å². The molecule has 1 heterocycles. The van der Waals surface area contributed by atoms with Crippen molar-refractivity contribution in [3.63, 3.8) is 0 Å². The maximum Gasteiger partial charge on any atom is 0.201 e. The van der Waals surface area contributed by atoms with Crippen molar-refractivity contribution >= 4 is 0 Å². The zero-order chi connectivity index (χ0) is 19.1. The predicted octanol–water partition coefficient (Wildman–Crippen LogP) is 3.04. The van der Waals surface area contributed by atoms with Gasteiger partial charge < -0.3 is 24.4 Å². The first-order valence-electron chi connectivity index (χ1n) is 11.0. The van der Waals surface area contributed by atoms with E-state index in [1.165, 1.54) is 19.3 Å². The molecule has 5 nitrogen and oxygen atoms in total. The number of fused-ring (bicyclic) bond motifs is 2. The molecule has 2 N–H and O–H groups in total. The van der Waals surface area contributed by atoms with Gasteiger partial charge in [0.05, 0.1) is 25.4 Å². The SMILES string of the molecule is CCO[C@@]12CC[C@H](O)[C@@H](/C=C/[C@@H](O)C3CCCCC3)[C@@H]1C(C)C21OCCO1. The van der Waals surface area contributed by atoms with Gasteiger partial charge in [-0.2, -0.15) is 0 Å². The molecule has 1 aliphatic heterocycles. The van der Waals surface area contributed by atoms with E-state index < -0.39 is 23.6 Å². The van der Waals surface area contributed by atoms with E-state index in [0.29, 0.717) is 32.2 Å². The molecule has 154 valence electrons. The third-order valence-corrected chi connectivity index (χ3v) is 7.72. The van der Waals surface area contributed by atoms with Crippen LogP contribution in [0.4, 0.5) is 0 Å². The lowest BCUT2D eigenvalue weighted by Gasteiger charge is -2.68. The summed E-state index contributed by atoms with van der Waals surface area (Å²) in [5.41, 5.74) is -0.484. The van der Waals surface area contributed by atoms with E-state index in [2.05, 4.69) is 13.0 Å². The predicted molar refractivity (Wildman–Crippen MR) is 102 cm³/mol. The molecule has 0 bridgehead atoms. The summed E-state index contributed by atoms with van der Waals surface area (Å²) in [5.74, 6) is -0.0323. The summed E-state index contributed by atoms with van der Waals surface area (Å²) in [6.45, 7) is 5.99. The molecule has 1 unspecified atom stereocenters. The molecule has 5 heteroatoms. The van der Waals surface area contributed by atoms with Gasteiger partial charge in [0, 0.05) is 24.4 Å². The van der Waals surface area contributed by atoms with Crippen LogP contribution in [0.1, 0.15) is 58.8 Å². The number of hydrogen-bond donors (Lipinski definition) is 2. The average molecular weight is 381 g/mol. The normalized spacial score (nSPS) is 43.0. The minimum absolute atomic E-state index is 0.0306. The maximum absolute atomic E-state index is 10.8. The van der Waals surface area contributed by atoms with Gasteiger partial charge in [-0.25, -0.2) is 0 Å². The molecule has 3 saturated carbocycles. The van der Waals surface area contributed by atoms with Gasteiger partial charge in [-0.1, -0.05) is 38.3 Å². The van der Waals surface area contributed by atoms with Crippen molar-refractivity contribution in [3.05, 3.63) is 12.2 Å². The molecule has 0 amide bonds. The Bertz CT molecular complexity index is 537. The lowest BCUT2D eigenvalue weighted by atomic mass is 9.47. The van der Waals surface area contributed by atoms with Gasteiger partial charge >= 0.3 is 0 Å². The number of aliphatic hydroxyl groups is 2. The molecule has 6 atom stereocenters. The second kappa shape index (κ2) is 7.75. The zero-order valence-electron chi connectivity index (χ0n) is 16.8. The fraction of sp³-hybridized carbons (Fsp3) is 0.909. The summed E-state index contributed by atoms with van der Waals surface area (Å²) in [7, 11) is 0. The lowest BCUT2D eigenvalue weighted by Crippen LogP contribution is -2.80. The molecule has 0 aromatic rings. The molecule has 4 aliphatic rings. The first-order valence-corrected chi connectivity index (χ1v) is 11.0. The van der Waals surface area contributed by atoms with Crippen LogP contribution >= 0.6 is 0 Å². The molecular formula is C22H36O5. The molecule has 27 heavy (non-hydrogen) atoms. The third kappa shape index (κ3) is 3.01. The Kier molecular flexibility index (Phi) is 5.70. The average Bonchev–Trinajstić information content (AvgIpc) is 3.21. The van der Waals surface area contributed by atoms with Crippen LogP contribution in [0.5, 0.6) is 0 Å². The summed E-state index contributed by atoms with van der Waals surface area (Å²) >= 11 is 0. The lowest BCUT2D eigenvalue weighted by molar-refractivity contribution is -0.417. The van der Waals surface area contributed by atoms with Crippen molar-refractivity contribution in [2.24, 2.45) is 23.7 Å². The minimum Gasteiger partial charge on any atom is -0.393 e. The van der Waals surface area contributed by atoms with Crippen molar-refractivity contribution < 1.29 is 24.4 Å². The Morgan fingerprint density at radius 1 is 1.15 bits per heavy atom. The summed E-state index contributed by atoms with van der Waals surface area (Å²) < 4.78 is 18.6. The van der Waals surface area contributed by atoms with Gasteiger partial charge in [0.1, 0.15) is 5.60 Å². The highest BCUT2D eigenvalue weighted by atomic mass is 16.8. The largest absolute Gasteiger partial charge is 0.393 e. The quantitative estimate of drug-likeness (QED) is 0.718. The van der Waals surface area contributed by atoms with E-state index in [0.717, 1.165) is 19.3 Å². The van der Waals surface area contributed by atoms with Crippen LogP contribution < -0.4 is 0 Å². The van der Waals surface area contributed by atoms with Gasteiger partial charge in [-0.3, -0.25) is 0 Å². The van der Waals surface area contributed by atoms with Crippen LogP contribution in [0.3, 0.4) is 0 Å². The molecular weight excluding hydrogens is 344 g/mol. The minimum atomic E-state index is -0.665. The van der Waals surface area contributed by atoms with Crippen LogP contribution in [0.25, 0.3) is 0 Å². The molecule has 0 aromatic carbocycles. The van der Waals surface area contributed by atoms with Gasteiger partial charge in [-0.15, -0.1) is 0 Å². The van der Waals surface area contributed by atoms with Crippen LogP contribution in [0, 0.1) is 23.7 Å². The highest BCUT2D eigenvalue weighted by Gasteiger charge is 2.77. The summed E-state index contributed by atoms with van der Waals surface area (Å²) in [5, 5.41) is 21.4. The molecule has 0 aromatic heterocycles. The van der Waals surface area contributed by atoms with E-state index in [1.807, 2.05) is 13.0 Å². The van der Waals surface area contributed by atoms with E-state index >= 15 is 0 Å². The number of rotatable bonds is 5. The molecule has 1 saturated heterocycles. The topological polar surface area (TPSA) is 68.2 Å². The van der Waals surface area contributed by atoms with Crippen LogP contribution in [0.2, 0.25) is 0 Å². The van der Waals surface area contributed by atoms with Crippen LogP contribution in [0.15, 0.2) is 12.2 Å².